The lowest BCUT2D eigenvalue weighted by Gasteiger charge is -2.27. The quantitative estimate of drug-likeness (QED) is 0.244. The molecule has 2 atom stereocenters. The Hall–Kier alpha value is -1.98. The van der Waals surface area contributed by atoms with Crippen LogP contribution in [0.5, 0.6) is 0 Å². The predicted octanol–water partition coefficient (Wildman–Crippen LogP) is -2.86. The number of nitrogens with two attached hydrogens (primary N) is 1. The average molecular weight is 317 g/mol. The number of rotatable bonds is 5. The Balaban J connectivity index is 1.99. The summed E-state index contributed by atoms with van der Waals surface area (Å²) in [5.41, 5.74) is 0.565. The smallest absolute Gasteiger partial charge is 0.326 e. The zero-order valence-electron chi connectivity index (χ0n) is 11.1. The number of nitrogens with one attached hydrogen (secondary N) is 3. The molecule has 2 aliphatic rings. The van der Waals surface area contributed by atoms with E-state index in [1.165, 1.54) is 6.08 Å². The van der Waals surface area contributed by atoms with Crippen LogP contribution in [0, 0.1) is 0 Å². The Labute approximate surface area is 120 Å². The van der Waals surface area contributed by atoms with E-state index in [4.69, 9.17) is 5.14 Å². The van der Waals surface area contributed by atoms with Crippen molar-refractivity contribution in [3.63, 3.8) is 0 Å². The highest BCUT2D eigenvalue weighted by molar-refractivity contribution is 7.87. The maximum atomic E-state index is 12.1. The van der Waals surface area contributed by atoms with Crippen molar-refractivity contribution in [3.05, 3.63) is 11.6 Å². The number of imide groups is 1. The molecule has 5 N–H and O–H groups in total. The van der Waals surface area contributed by atoms with Gasteiger partial charge in [-0.2, -0.15) is 8.42 Å². The van der Waals surface area contributed by atoms with Gasteiger partial charge in [-0.15, -0.1) is 0 Å². The number of fused-ring (bicyclic) bond motifs is 2. The lowest BCUT2D eigenvalue weighted by molar-refractivity contribution is -0.135. The number of amides is 4. The van der Waals surface area contributed by atoms with Crippen LogP contribution in [-0.4, -0.2) is 56.3 Å². The third-order valence-corrected chi connectivity index (χ3v) is 3.70. The monoisotopic (exact) mass is 317 g/mol. The van der Waals surface area contributed by atoms with Gasteiger partial charge in [0.25, 0.3) is 16.1 Å². The number of carbonyl (C=O) groups is 3. The average Bonchev–Trinajstić information content (AvgIpc) is 2.55. The minimum Gasteiger partial charge on any atom is -0.353 e. The first-order chi connectivity index (χ1) is 9.70. The standard InChI is InChI=1S/C10H15N5O5S/c1-5-4-6-9(17)15(10(18)14-6)7(5)8(16)12-2-3-13-21(11,19)20/h4,6-7,13H,2-3H2,1H3,(H,12,16)(H,14,18)(H2,11,19,20). The molecule has 0 aromatic rings. The molecule has 21 heavy (non-hydrogen) atoms. The van der Waals surface area contributed by atoms with Crippen molar-refractivity contribution in [2.75, 3.05) is 13.1 Å². The SMILES string of the molecule is CC1=CC2NC(=O)N(C2=O)C1C(=O)NCCNS(N)(=O)=O. The van der Waals surface area contributed by atoms with Crippen molar-refractivity contribution >= 4 is 28.1 Å². The van der Waals surface area contributed by atoms with Gasteiger partial charge in [-0.3, -0.25) is 9.59 Å². The van der Waals surface area contributed by atoms with Gasteiger partial charge in [-0.1, -0.05) is 6.08 Å². The Kier molecular flexibility index (Phi) is 3.98. The van der Waals surface area contributed by atoms with Gasteiger partial charge in [-0.25, -0.2) is 19.6 Å². The van der Waals surface area contributed by atoms with Crippen molar-refractivity contribution in [2.24, 2.45) is 5.14 Å². The van der Waals surface area contributed by atoms with E-state index in [0.717, 1.165) is 4.90 Å². The van der Waals surface area contributed by atoms with Crippen LogP contribution in [0.4, 0.5) is 4.79 Å². The molecule has 0 saturated carbocycles. The van der Waals surface area contributed by atoms with Crippen LogP contribution in [0.1, 0.15) is 6.92 Å². The number of hydrogen-bond donors (Lipinski definition) is 4. The van der Waals surface area contributed by atoms with E-state index in [9.17, 15) is 22.8 Å². The second kappa shape index (κ2) is 5.42. The molecule has 4 amide bonds. The summed E-state index contributed by atoms with van der Waals surface area (Å²) in [6.45, 7) is 1.52. The normalized spacial score (nSPS) is 24.7. The first-order valence-corrected chi connectivity index (χ1v) is 7.62. The zero-order valence-corrected chi connectivity index (χ0v) is 11.9. The summed E-state index contributed by atoms with van der Waals surface area (Å²) in [6.07, 6.45) is 1.52. The fourth-order valence-corrected chi connectivity index (χ4v) is 2.62. The van der Waals surface area contributed by atoms with Gasteiger partial charge in [0.1, 0.15) is 12.1 Å². The van der Waals surface area contributed by atoms with E-state index >= 15 is 0 Å². The number of urea groups is 1. The Bertz CT molecular complexity index is 628. The number of carbonyl (C=O) groups excluding carboxylic acids is 3. The Morgan fingerprint density at radius 3 is 2.71 bits per heavy atom. The fraction of sp³-hybridized carbons (Fsp3) is 0.500. The minimum atomic E-state index is -3.83. The fourth-order valence-electron chi connectivity index (χ4n) is 2.23. The topological polar surface area (TPSA) is 151 Å². The minimum absolute atomic E-state index is 0.0217. The largest absolute Gasteiger partial charge is 0.353 e. The van der Waals surface area contributed by atoms with Crippen molar-refractivity contribution < 1.29 is 22.8 Å². The van der Waals surface area contributed by atoms with Crippen molar-refractivity contribution in [2.45, 2.75) is 19.0 Å². The third-order valence-electron chi connectivity index (χ3n) is 3.10. The third kappa shape index (κ3) is 3.20. The van der Waals surface area contributed by atoms with E-state index in [1.54, 1.807) is 6.92 Å². The molecule has 0 radical (unpaired) electrons. The first-order valence-electron chi connectivity index (χ1n) is 6.07. The van der Waals surface area contributed by atoms with E-state index in [0.29, 0.717) is 5.57 Å². The first kappa shape index (κ1) is 15.4. The molecule has 2 unspecified atom stereocenters. The van der Waals surface area contributed by atoms with Gasteiger partial charge in [0.2, 0.25) is 5.91 Å². The summed E-state index contributed by atoms with van der Waals surface area (Å²) in [4.78, 5) is 36.4. The molecule has 2 bridgehead atoms. The van der Waals surface area contributed by atoms with Gasteiger partial charge in [0.15, 0.2) is 0 Å². The number of nitrogens with zero attached hydrogens (tertiary/aromatic N) is 1. The maximum absolute atomic E-state index is 12.1. The highest BCUT2D eigenvalue weighted by Crippen LogP contribution is 2.24. The highest BCUT2D eigenvalue weighted by atomic mass is 32.2. The van der Waals surface area contributed by atoms with Crippen LogP contribution in [0.3, 0.4) is 0 Å². The summed E-state index contributed by atoms with van der Waals surface area (Å²) in [5.74, 6) is -1.04. The molecular weight excluding hydrogens is 302 g/mol. The molecule has 0 spiro atoms. The summed E-state index contributed by atoms with van der Waals surface area (Å²) in [5, 5.41) is 9.62. The molecule has 2 aliphatic heterocycles. The highest BCUT2D eigenvalue weighted by Gasteiger charge is 2.48. The molecule has 0 aliphatic carbocycles. The number of hydrogen-bond acceptors (Lipinski definition) is 5. The van der Waals surface area contributed by atoms with Gasteiger partial charge in [-0.05, 0) is 12.5 Å². The van der Waals surface area contributed by atoms with Crippen LogP contribution >= 0.6 is 0 Å². The molecule has 0 aromatic carbocycles. The van der Waals surface area contributed by atoms with Gasteiger partial charge in [0.05, 0.1) is 0 Å². The second-order valence-corrected chi connectivity index (χ2v) is 6.06. The summed E-state index contributed by atoms with van der Waals surface area (Å²) >= 11 is 0. The van der Waals surface area contributed by atoms with Gasteiger partial charge >= 0.3 is 6.03 Å². The Morgan fingerprint density at radius 1 is 1.43 bits per heavy atom. The van der Waals surface area contributed by atoms with Crippen molar-refractivity contribution in [1.29, 1.82) is 0 Å². The maximum Gasteiger partial charge on any atom is 0.326 e. The molecule has 2 heterocycles. The van der Waals surface area contributed by atoms with Gasteiger partial charge in [0, 0.05) is 13.1 Å². The summed E-state index contributed by atoms with van der Waals surface area (Å²) in [7, 11) is -3.83. The van der Waals surface area contributed by atoms with Crippen LogP contribution < -0.4 is 20.5 Å². The second-order valence-electron chi connectivity index (χ2n) is 4.68. The van der Waals surface area contributed by atoms with Gasteiger partial charge < -0.3 is 10.6 Å². The van der Waals surface area contributed by atoms with Crippen molar-refractivity contribution in [3.8, 4) is 0 Å². The molecule has 1 saturated heterocycles. The summed E-state index contributed by atoms with van der Waals surface area (Å²) in [6, 6.07) is -2.36. The van der Waals surface area contributed by atoms with Crippen LogP contribution in [0.15, 0.2) is 11.6 Å². The molecule has 116 valence electrons. The lowest BCUT2D eigenvalue weighted by atomic mass is 9.99. The van der Waals surface area contributed by atoms with Crippen LogP contribution in [-0.2, 0) is 19.8 Å². The molecule has 10 nitrogen and oxygen atoms in total. The molecule has 2 rings (SSSR count). The summed E-state index contributed by atoms with van der Waals surface area (Å²) < 4.78 is 23.3. The van der Waals surface area contributed by atoms with E-state index in [2.05, 4.69) is 10.6 Å². The molecule has 1 fully saturated rings. The predicted molar refractivity (Wildman–Crippen MR) is 70.8 cm³/mol. The van der Waals surface area contributed by atoms with Crippen LogP contribution in [0.25, 0.3) is 0 Å². The zero-order chi connectivity index (χ0) is 15.8. The van der Waals surface area contributed by atoms with Crippen LogP contribution in [0.2, 0.25) is 0 Å². The van der Waals surface area contributed by atoms with E-state index in [-0.39, 0.29) is 13.1 Å². The molecule has 0 aromatic heterocycles. The van der Waals surface area contributed by atoms with E-state index in [1.807, 2.05) is 4.72 Å². The molecule has 11 heteroatoms. The lowest BCUT2D eigenvalue weighted by Crippen LogP contribution is -2.53. The molecular formula is C10H15N5O5S. The van der Waals surface area contributed by atoms with Crippen molar-refractivity contribution in [1.82, 2.24) is 20.3 Å². The Morgan fingerprint density at radius 2 is 2.10 bits per heavy atom. The van der Waals surface area contributed by atoms with E-state index < -0.39 is 40.1 Å².